The molecular weight excluding hydrogens is 2220 g/mol. The van der Waals surface area contributed by atoms with Crippen molar-refractivity contribution in [3.05, 3.63) is 61.4 Å². The summed E-state index contributed by atoms with van der Waals surface area (Å²) in [7, 11) is -36.7. The number of aliphatic hydroxyl groups excluding tert-OH is 1. The molecule has 13 unspecified atom stereocenters. The Morgan fingerprint density at radius 1 is 0.264 bits per heavy atom. The predicted octanol–water partition coefficient (Wildman–Crippen LogP) is 22.2. The van der Waals surface area contributed by atoms with E-state index >= 15 is 0 Å². The summed E-state index contributed by atoms with van der Waals surface area (Å²) in [5.74, 6) is 0. The van der Waals surface area contributed by atoms with Crippen LogP contribution in [0, 0.1) is 0 Å². The third-order valence-corrected chi connectivity index (χ3v) is 104. The van der Waals surface area contributed by atoms with Gasteiger partial charge in [0.05, 0.1) is 85.2 Å². The molecule has 0 aliphatic carbocycles. The molecule has 5 aliphatic heterocycles. The predicted molar refractivity (Wildman–Crippen MR) is 645 cm³/mol. The molecule has 13 atom stereocenters. The van der Waals surface area contributed by atoms with E-state index in [0.29, 0.717) is 71.0 Å². The maximum absolute atomic E-state index is 9.61. The first kappa shape index (κ1) is 159. The lowest BCUT2D eigenvalue weighted by Crippen LogP contribution is -2.61. The molecule has 0 radical (unpaired) electrons. The first-order valence-electron chi connectivity index (χ1n) is 48.2. The molecule has 868 valence electrons. The molecule has 0 aromatic heterocycles. The van der Waals surface area contributed by atoms with Gasteiger partial charge in [-0.1, -0.05) is 93.9 Å². The van der Waals surface area contributed by atoms with Crippen LogP contribution in [0.3, 0.4) is 0 Å². The van der Waals surface area contributed by atoms with Crippen molar-refractivity contribution in [3.8, 4) is 0 Å². The summed E-state index contributed by atoms with van der Waals surface area (Å²) in [6, 6.07) is 8.27. The summed E-state index contributed by atoms with van der Waals surface area (Å²) in [4.78, 5) is 0. The third kappa shape index (κ3) is 66.2. The van der Waals surface area contributed by atoms with Crippen molar-refractivity contribution in [2.45, 2.75) is 360 Å². The second-order valence-electron chi connectivity index (χ2n) is 42.6. The molecule has 5 aliphatic rings. The summed E-state index contributed by atoms with van der Waals surface area (Å²) < 4.78 is 197. The van der Waals surface area contributed by atoms with Gasteiger partial charge in [0.1, 0.15) is 18.3 Å². The number of aliphatic hydroxyl groups is 1. The van der Waals surface area contributed by atoms with Crippen LogP contribution < -0.4 is 0 Å². The quantitative estimate of drug-likeness (QED) is 0.0336. The van der Waals surface area contributed by atoms with Crippen molar-refractivity contribution >= 4 is 187 Å². The average molecular weight is 2440 g/mol. The fourth-order valence-electron chi connectivity index (χ4n) is 14.3. The minimum Gasteiger partial charge on any atom is -0.436 e. The van der Waals surface area contributed by atoms with E-state index in [0.717, 1.165) is 69.3 Å². The van der Waals surface area contributed by atoms with Gasteiger partial charge in [-0.3, -0.25) is 0 Å². The highest BCUT2D eigenvalue weighted by atomic mass is 28.5. The van der Waals surface area contributed by atoms with Crippen molar-refractivity contribution in [3.63, 3.8) is 0 Å². The van der Waals surface area contributed by atoms with Gasteiger partial charge >= 0.3 is 129 Å². The molecular formula is C88H224O34Si22. The lowest BCUT2D eigenvalue weighted by molar-refractivity contribution is 0.0990. The third-order valence-electron chi connectivity index (χ3n) is 23.3. The van der Waals surface area contributed by atoms with E-state index in [1.807, 2.05) is 110 Å². The number of epoxide rings is 5. The molecule has 34 nitrogen and oxygen atoms in total. The van der Waals surface area contributed by atoms with Gasteiger partial charge in [0.15, 0.2) is 33.3 Å². The highest BCUT2D eigenvalue weighted by Crippen LogP contribution is 2.38. The monoisotopic (exact) mass is 2440 g/mol. The van der Waals surface area contributed by atoms with Gasteiger partial charge in [0.2, 0.25) is 16.6 Å². The first-order chi connectivity index (χ1) is 62.5. The Hall–Kier alpha value is 2.11. The van der Waals surface area contributed by atoms with Crippen LogP contribution in [0.2, 0.25) is 264 Å². The molecule has 0 spiro atoms. The Morgan fingerprint density at radius 3 is 0.840 bits per heavy atom. The summed E-state index contributed by atoms with van der Waals surface area (Å²) in [5, 5.41) is 9.61. The van der Waals surface area contributed by atoms with Crippen molar-refractivity contribution < 1.29 is 149 Å². The van der Waals surface area contributed by atoms with Crippen LogP contribution in [0.25, 0.3) is 0 Å². The van der Waals surface area contributed by atoms with E-state index < -0.39 is 187 Å². The highest BCUT2D eigenvalue weighted by molar-refractivity contribution is 6.96. The van der Waals surface area contributed by atoms with Crippen LogP contribution in [-0.4, -0.2) is 378 Å². The Labute approximate surface area is 906 Å². The number of hydrogen-bond acceptors (Lipinski definition) is 34. The number of hydrogen-bond donors (Lipinski definition) is 1. The van der Waals surface area contributed by atoms with E-state index in [1.54, 1.807) is 74.8 Å². The van der Waals surface area contributed by atoms with Crippen LogP contribution in [0.5, 0.6) is 0 Å². The summed E-state index contributed by atoms with van der Waals surface area (Å²) in [5.41, 5.74) is 9.81. The average Bonchev–Trinajstić information content (AvgIpc) is 1.77. The van der Waals surface area contributed by atoms with E-state index in [2.05, 4.69) is 156 Å². The zero-order chi connectivity index (χ0) is 106. The minimum absolute atomic E-state index is 0. The van der Waals surface area contributed by atoms with Gasteiger partial charge in [-0.25, -0.2) is 0 Å². The second-order valence-corrected chi connectivity index (χ2v) is 124. The van der Waals surface area contributed by atoms with E-state index in [4.69, 9.17) is 144 Å². The van der Waals surface area contributed by atoms with Crippen LogP contribution in [0.1, 0.15) is 65.8 Å². The lowest BCUT2D eigenvalue weighted by Gasteiger charge is -2.42. The maximum atomic E-state index is 9.61. The SMILES string of the molecule is C.C.C.C.C.C.C.C=C[Si](C)(C)CC[Si](C)(C)O[Si](C)(OC)O[Si](C)(C)CCOCC1CO1.C=C[Si](C)(O[Si](C)(C)OC)O[Si](C)(C)O[Si](C)(C=C)O[Si](C)(CO)OC.C=C[Si](C)(O[Si](C)(C)O[Si](C)(C=C)O[Si](C)(C)C1CO1)O[Si](C)(C)C1CO1.CCO[Si](C)(CC[Si](C)(C)O[Si](C)(OC)O[Si](C)(CCOCC1CO1)OC)OCC.CO[Si](C)(CC[Si](C)(C)O[Si](C)(C)O[Si](CCOCC1CO1)(OC)OC)OC. The van der Waals surface area contributed by atoms with Crippen molar-refractivity contribution in [1.82, 2.24) is 0 Å². The molecule has 5 rings (SSSR count). The molecule has 0 bridgehead atoms. The standard InChI is InChI=1S/C18H44O8Si4.C17H40O5Si4.C16H40O8Si4.C16H36O6Si5.C14H36O7Si5.7CH4/c1-10-23-29(8,24-11-2)15-14-27(5,6)25-30(9,20-4)26-28(7,19-3)13-12-21-16-18-17-22-18;1-10-23(3,4)13-14-25(7,8)22-26(9,18-2)21-24(5,6)12-11-19-15-17-16-20-17;1-17-27(9,18-2)13-12-25(5,6)23-26(7,8)24-28(19-3,20-4)11-10-21-14-16-15-22-16;1-11-26(9,19-23(3,4)15-13-17-15)21-25(7,8)22-27(10,12-2)20-24(5,6)16-14-18-16;1-12-24(9,18-22(5,6)16-3)19-23(7,8)20-25(10,13-2)21-26(11,14-15)17-4;;;;;;;/h18H,10-17H2,1-9H3;10,17H,1,11-16H2,2-9H3;16H,10-15H2,1-9H3;11-12,15-16H,1-2,13-14H2,3-10H3;12-13,15H,1-2,14H2,3-11H3;7*1H4. The van der Waals surface area contributed by atoms with Crippen LogP contribution in [0.15, 0.2) is 61.4 Å². The fourth-order valence-corrected chi connectivity index (χ4v) is 104. The van der Waals surface area contributed by atoms with E-state index in [9.17, 15) is 5.11 Å². The Kier molecular flexibility index (Phi) is 75.4. The zero-order valence-corrected chi connectivity index (χ0v) is 115. The smallest absolute Gasteiger partial charge is 0.436 e. The maximum Gasteiger partial charge on any atom is 0.493 e. The second kappa shape index (κ2) is 68.3. The van der Waals surface area contributed by atoms with Gasteiger partial charge in [-0.15, -0.1) is 38.6 Å². The molecule has 5 fully saturated rings. The van der Waals surface area contributed by atoms with E-state index in [1.165, 1.54) is 13.2 Å². The molecule has 1 N–H and O–H groups in total. The summed E-state index contributed by atoms with van der Waals surface area (Å²) in [6.45, 7) is 100. The molecule has 56 heteroatoms. The highest BCUT2D eigenvalue weighted by Gasteiger charge is 2.57. The normalized spacial score (nSPS) is 20.5. The van der Waals surface area contributed by atoms with Crippen molar-refractivity contribution in [2.24, 2.45) is 0 Å². The number of rotatable bonds is 73. The van der Waals surface area contributed by atoms with Crippen molar-refractivity contribution in [1.29, 1.82) is 0 Å². The zero-order valence-electron chi connectivity index (χ0n) is 93.5. The molecule has 0 aromatic rings. The van der Waals surface area contributed by atoms with Crippen LogP contribution >= 0.6 is 0 Å². The summed E-state index contributed by atoms with van der Waals surface area (Å²) in [6.07, 6.45) is 0.661. The van der Waals surface area contributed by atoms with Crippen molar-refractivity contribution in [2.75, 3.05) is 156 Å². The van der Waals surface area contributed by atoms with Gasteiger partial charge in [0.25, 0.3) is 0 Å². The van der Waals surface area contributed by atoms with Crippen LogP contribution in [0.4, 0.5) is 0 Å². The Bertz CT molecular complexity index is 3430. The van der Waals surface area contributed by atoms with Gasteiger partial charge in [-0.2, -0.15) is 0 Å². The fraction of sp³-hybridized carbons (Fsp3) is 0.886. The largest absolute Gasteiger partial charge is 0.493 e. The van der Waals surface area contributed by atoms with Gasteiger partial charge in [0, 0.05) is 116 Å². The Morgan fingerprint density at radius 2 is 0.549 bits per heavy atom. The Balaban J connectivity index is -0.000000322. The van der Waals surface area contributed by atoms with Gasteiger partial charge in [-0.05, 0) is 233 Å². The van der Waals surface area contributed by atoms with Crippen LogP contribution in [-0.2, 0) is 144 Å². The summed E-state index contributed by atoms with van der Waals surface area (Å²) >= 11 is 0. The molecule has 144 heavy (non-hydrogen) atoms. The molecule has 0 aromatic carbocycles. The minimum atomic E-state index is -2.87. The molecule has 5 heterocycles. The molecule has 0 saturated carbocycles. The van der Waals surface area contributed by atoms with Gasteiger partial charge < -0.3 is 149 Å². The molecule has 5 saturated heterocycles. The lowest BCUT2D eigenvalue weighted by atomic mass is 10.5. The number of ether oxygens (including phenoxy) is 8. The first-order valence-corrected chi connectivity index (χ1v) is 107. The topological polar surface area (TPSA) is 341 Å². The van der Waals surface area contributed by atoms with E-state index in [-0.39, 0.29) is 81.9 Å². The molecule has 0 amide bonds.